The Bertz CT molecular complexity index is 708. The molecule has 1 aromatic carbocycles. The van der Waals surface area contributed by atoms with E-state index in [2.05, 4.69) is 14.9 Å². The van der Waals surface area contributed by atoms with Gasteiger partial charge in [0.05, 0.1) is 12.7 Å². The van der Waals surface area contributed by atoms with E-state index in [9.17, 15) is 0 Å². The van der Waals surface area contributed by atoms with Gasteiger partial charge >= 0.3 is 0 Å². The Balaban J connectivity index is 1.48. The van der Waals surface area contributed by atoms with Crippen molar-refractivity contribution in [3.05, 3.63) is 48.8 Å². The van der Waals surface area contributed by atoms with Crippen molar-refractivity contribution in [1.82, 2.24) is 9.97 Å². The molecule has 0 bridgehead atoms. The van der Waals surface area contributed by atoms with E-state index in [4.69, 9.17) is 9.15 Å². The quantitative estimate of drug-likeness (QED) is 0.739. The van der Waals surface area contributed by atoms with Crippen LogP contribution in [0.15, 0.2) is 53.2 Å². The van der Waals surface area contributed by atoms with Crippen LogP contribution in [0.1, 0.15) is 6.42 Å². The van der Waals surface area contributed by atoms with Crippen molar-refractivity contribution in [3.8, 4) is 5.75 Å². The molecular formula is C16H15N3O2. The fraction of sp³-hybridized carbons (Fsp3) is 0.250. The molecular weight excluding hydrogens is 266 g/mol. The van der Waals surface area contributed by atoms with Gasteiger partial charge in [-0.2, -0.15) is 4.98 Å². The van der Waals surface area contributed by atoms with Crippen molar-refractivity contribution < 1.29 is 9.15 Å². The van der Waals surface area contributed by atoms with E-state index in [-0.39, 0.29) is 6.10 Å². The Morgan fingerprint density at radius 1 is 1.19 bits per heavy atom. The second-order valence-electron chi connectivity index (χ2n) is 5.13. The van der Waals surface area contributed by atoms with E-state index in [1.165, 1.54) is 0 Å². The third-order valence-electron chi connectivity index (χ3n) is 3.64. The summed E-state index contributed by atoms with van der Waals surface area (Å²) in [4.78, 5) is 10.7. The molecule has 1 aliphatic heterocycles. The van der Waals surface area contributed by atoms with Gasteiger partial charge in [-0.05, 0) is 24.3 Å². The number of para-hydroxylation sites is 2. The van der Waals surface area contributed by atoms with Crippen LogP contribution in [0, 0.1) is 0 Å². The lowest BCUT2D eigenvalue weighted by Gasteiger charge is -2.14. The first kappa shape index (κ1) is 12.2. The van der Waals surface area contributed by atoms with Gasteiger partial charge < -0.3 is 14.1 Å². The Kier molecular flexibility index (Phi) is 2.96. The molecule has 0 radical (unpaired) electrons. The number of fused-ring (bicyclic) bond motifs is 1. The second-order valence-corrected chi connectivity index (χ2v) is 5.13. The summed E-state index contributed by atoms with van der Waals surface area (Å²) in [5.74, 6) is 0.807. The highest BCUT2D eigenvalue weighted by Crippen LogP contribution is 2.26. The molecule has 5 heteroatoms. The normalized spacial score (nSPS) is 18.3. The number of nitrogens with zero attached hydrogens (tertiary/aromatic N) is 3. The van der Waals surface area contributed by atoms with E-state index in [0.717, 1.165) is 36.4 Å². The standard InChI is InChI=1S/C16H15N3O2/c1-2-6-15-14(5-1)18-16(21-15)19-9-7-13(11-19)20-12-4-3-8-17-10-12/h1-6,8,10,13H,7,9,11H2/t13-/m0/s1. The van der Waals surface area contributed by atoms with Crippen LogP contribution in [-0.4, -0.2) is 29.2 Å². The predicted octanol–water partition coefficient (Wildman–Crippen LogP) is 2.88. The summed E-state index contributed by atoms with van der Waals surface area (Å²) in [6, 6.07) is 12.3. The first-order chi connectivity index (χ1) is 10.4. The van der Waals surface area contributed by atoms with E-state index >= 15 is 0 Å². The highest BCUT2D eigenvalue weighted by molar-refractivity contribution is 5.74. The molecule has 0 saturated carbocycles. The summed E-state index contributed by atoms with van der Waals surface area (Å²) in [7, 11) is 0. The van der Waals surface area contributed by atoms with Crippen molar-refractivity contribution in [2.45, 2.75) is 12.5 Å². The van der Waals surface area contributed by atoms with Gasteiger partial charge in [-0.25, -0.2) is 0 Å². The molecule has 106 valence electrons. The lowest BCUT2D eigenvalue weighted by molar-refractivity contribution is 0.223. The number of hydrogen-bond acceptors (Lipinski definition) is 5. The number of hydrogen-bond donors (Lipinski definition) is 0. The third-order valence-corrected chi connectivity index (χ3v) is 3.64. The van der Waals surface area contributed by atoms with Crippen LogP contribution < -0.4 is 9.64 Å². The molecule has 3 heterocycles. The van der Waals surface area contributed by atoms with Crippen molar-refractivity contribution in [1.29, 1.82) is 0 Å². The van der Waals surface area contributed by atoms with Gasteiger partial charge in [-0.15, -0.1) is 0 Å². The van der Waals surface area contributed by atoms with Crippen LogP contribution in [0.5, 0.6) is 5.75 Å². The molecule has 1 fully saturated rings. The Morgan fingerprint density at radius 3 is 3.00 bits per heavy atom. The van der Waals surface area contributed by atoms with Gasteiger partial charge in [-0.3, -0.25) is 4.98 Å². The zero-order valence-electron chi connectivity index (χ0n) is 11.5. The van der Waals surface area contributed by atoms with Crippen molar-refractivity contribution in [2.24, 2.45) is 0 Å². The molecule has 5 nitrogen and oxygen atoms in total. The molecule has 0 amide bonds. The van der Waals surface area contributed by atoms with E-state index < -0.39 is 0 Å². The predicted molar refractivity (Wildman–Crippen MR) is 79.5 cm³/mol. The zero-order valence-corrected chi connectivity index (χ0v) is 11.5. The molecule has 0 N–H and O–H groups in total. The summed E-state index contributed by atoms with van der Waals surface area (Å²) >= 11 is 0. The highest BCUT2D eigenvalue weighted by atomic mass is 16.5. The summed E-state index contributed by atoms with van der Waals surface area (Å²) in [5.41, 5.74) is 1.72. The van der Waals surface area contributed by atoms with Crippen LogP contribution in [0.2, 0.25) is 0 Å². The van der Waals surface area contributed by atoms with E-state index in [0.29, 0.717) is 6.01 Å². The molecule has 0 aliphatic carbocycles. The van der Waals surface area contributed by atoms with Gasteiger partial charge in [0.25, 0.3) is 6.01 Å². The smallest absolute Gasteiger partial charge is 0.298 e. The summed E-state index contributed by atoms with van der Waals surface area (Å²) in [6.07, 6.45) is 4.58. The SMILES string of the molecule is c1cncc(O[C@H]2CCN(c3nc4ccccc4o3)C2)c1. The molecule has 3 aromatic rings. The van der Waals surface area contributed by atoms with Crippen molar-refractivity contribution in [2.75, 3.05) is 18.0 Å². The van der Waals surface area contributed by atoms with Gasteiger partial charge in [0, 0.05) is 19.2 Å². The van der Waals surface area contributed by atoms with Gasteiger partial charge in [0.2, 0.25) is 0 Å². The number of pyridine rings is 1. The van der Waals surface area contributed by atoms with Crippen LogP contribution in [-0.2, 0) is 0 Å². The molecule has 4 rings (SSSR count). The molecule has 1 saturated heterocycles. The lowest BCUT2D eigenvalue weighted by Crippen LogP contribution is -2.24. The second kappa shape index (κ2) is 5.09. The number of aromatic nitrogens is 2. The maximum Gasteiger partial charge on any atom is 0.298 e. The van der Waals surface area contributed by atoms with Crippen molar-refractivity contribution >= 4 is 17.1 Å². The summed E-state index contributed by atoms with van der Waals surface area (Å²) in [5, 5.41) is 0. The maximum absolute atomic E-state index is 5.93. The van der Waals surface area contributed by atoms with Gasteiger partial charge in [0.15, 0.2) is 5.58 Å². The Morgan fingerprint density at radius 2 is 2.14 bits per heavy atom. The monoisotopic (exact) mass is 281 g/mol. The summed E-state index contributed by atoms with van der Waals surface area (Å²) < 4.78 is 11.7. The number of oxazole rings is 1. The molecule has 0 spiro atoms. The van der Waals surface area contributed by atoms with Gasteiger partial charge in [0.1, 0.15) is 17.4 Å². The van der Waals surface area contributed by atoms with E-state index in [1.54, 1.807) is 12.4 Å². The fourth-order valence-electron chi connectivity index (χ4n) is 2.60. The van der Waals surface area contributed by atoms with E-state index in [1.807, 2.05) is 36.4 Å². The number of ether oxygens (including phenoxy) is 1. The number of anilines is 1. The average molecular weight is 281 g/mol. The molecule has 0 unspecified atom stereocenters. The Hall–Kier alpha value is -2.56. The minimum absolute atomic E-state index is 0.143. The van der Waals surface area contributed by atoms with Crippen LogP contribution in [0.4, 0.5) is 6.01 Å². The van der Waals surface area contributed by atoms with Crippen LogP contribution in [0.3, 0.4) is 0 Å². The van der Waals surface area contributed by atoms with Crippen molar-refractivity contribution in [3.63, 3.8) is 0 Å². The van der Waals surface area contributed by atoms with Gasteiger partial charge in [-0.1, -0.05) is 12.1 Å². The Labute approximate surface area is 122 Å². The average Bonchev–Trinajstić information content (AvgIpc) is 3.14. The molecule has 2 aromatic heterocycles. The third kappa shape index (κ3) is 2.42. The molecule has 1 atom stereocenters. The van der Waals surface area contributed by atoms with Crippen LogP contribution in [0.25, 0.3) is 11.1 Å². The zero-order chi connectivity index (χ0) is 14.1. The fourth-order valence-corrected chi connectivity index (χ4v) is 2.60. The maximum atomic E-state index is 5.93. The number of rotatable bonds is 3. The minimum Gasteiger partial charge on any atom is -0.487 e. The topological polar surface area (TPSA) is 51.4 Å². The summed E-state index contributed by atoms with van der Waals surface area (Å²) in [6.45, 7) is 1.67. The largest absolute Gasteiger partial charge is 0.487 e. The first-order valence-corrected chi connectivity index (χ1v) is 7.06. The molecule has 21 heavy (non-hydrogen) atoms. The molecule has 1 aliphatic rings. The van der Waals surface area contributed by atoms with Crippen LogP contribution >= 0.6 is 0 Å². The highest BCUT2D eigenvalue weighted by Gasteiger charge is 2.27. The first-order valence-electron chi connectivity index (χ1n) is 7.06. The minimum atomic E-state index is 0.143. The lowest BCUT2D eigenvalue weighted by atomic mass is 10.3. The number of benzene rings is 1.